The highest BCUT2D eigenvalue weighted by Crippen LogP contribution is 2.29. The van der Waals surface area contributed by atoms with Gasteiger partial charge in [-0.3, -0.25) is 0 Å². The van der Waals surface area contributed by atoms with E-state index < -0.39 is 0 Å². The molecule has 2 fully saturated rings. The van der Waals surface area contributed by atoms with Crippen LogP contribution < -0.4 is 5.32 Å². The third-order valence-electron chi connectivity index (χ3n) is 2.87. The Balaban J connectivity index is 1.83. The molecule has 74 valence electrons. The van der Waals surface area contributed by atoms with Gasteiger partial charge >= 0.3 is 6.03 Å². The summed E-state index contributed by atoms with van der Waals surface area (Å²) in [7, 11) is 0. The molecule has 2 amide bonds. The molecular weight excluding hydrogens is 164 g/mol. The number of rotatable bonds is 1. The summed E-state index contributed by atoms with van der Waals surface area (Å²) in [6.45, 7) is 6.27. The van der Waals surface area contributed by atoms with E-state index in [1.807, 2.05) is 4.90 Å². The van der Waals surface area contributed by atoms with Crippen molar-refractivity contribution in [1.82, 2.24) is 10.2 Å². The van der Waals surface area contributed by atoms with E-state index in [9.17, 15) is 4.79 Å². The van der Waals surface area contributed by atoms with Gasteiger partial charge in [0.15, 0.2) is 0 Å². The molecule has 0 aromatic rings. The Kier molecular flexibility index (Phi) is 1.97. The van der Waals surface area contributed by atoms with Crippen molar-refractivity contribution < 1.29 is 4.79 Å². The molecule has 0 aromatic heterocycles. The molecule has 13 heavy (non-hydrogen) atoms. The number of nitrogens with zero attached hydrogens (tertiary/aromatic N) is 1. The lowest BCUT2D eigenvalue weighted by atomic mass is 9.93. The zero-order chi connectivity index (χ0) is 9.47. The summed E-state index contributed by atoms with van der Waals surface area (Å²) in [5.41, 5.74) is 0.320. The number of amides is 2. The molecule has 0 radical (unpaired) electrons. The summed E-state index contributed by atoms with van der Waals surface area (Å²) in [5, 5.41) is 3.02. The van der Waals surface area contributed by atoms with Gasteiger partial charge in [0.05, 0.1) is 0 Å². The topological polar surface area (TPSA) is 32.3 Å². The van der Waals surface area contributed by atoms with E-state index in [-0.39, 0.29) is 6.03 Å². The second kappa shape index (κ2) is 2.89. The van der Waals surface area contributed by atoms with Crippen molar-refractivity contribution in [2.24, 2.45) is 5.41 Å². The average molecular weight is 182 g/mol. The van der Waals surface area contributed by atoms with Gasteiger partial charge in [-0.25, -0.2) is 4.79 Å². The Bertz CT molecular complexity index is 221. The fourth-order valence-corrected chi connectivity index (χ4v) is 1.78. The van der Waals surface area contributed by atoms with Crippen LogP contribution in [0.2, 0.25) is 0 Å². The van der Waals surface area contributed by atoms with Crippen LogP contribution in [0.4, 0.5) is 4.79 Å². The maximum absolute atomic E-state index is 11.6. The summed E-state index contributed by atoms with van der Waals surface area (Å²) in [6, 6.07) is 0.629. The van der Waals surface area contributed by atoms with E-state index in [1.165, 1.54) is 12.8 Å². The van der Waals surface area contributed by atoms with E-state index in [4.69, 9.17) is 0 Å². The van der Waals surface area contributed by atoms with Gasteiger partial charge in [-0.1, -0.05) is 13.8 Å². The van der Waals surface area contributed by atoms with Gasteiger partial charge in [-0.05, 0) is 24.7 Å². The van der Waals surface area contributed by atoms with Crippen molar-refractivity contribution in [3.63, 3.8) is 0 Å². The SMILES string of the molecule is CC1(C)CCN(C(=O)NC2CC2)C1. The van der Waals surface area contributed by atoms with E-state index in [0.717, 1.165) is 19.5 Å². The standard InChI is InChI=1S/C10H18N2O/c1-10(2)5-6-12(7-10)9(13)11-8-3-4-8/h8H,3-7H2,1-2H3,(H,11,13). The van der Waals surface area contributed by atoms with Gasteiger partial charge in [-0.15, -0.1) is 0 Å². The molecule has 1 aliphatic carbocycles. The number of carbonyl (C=O) groups is 1. The fraction of sp³-hybridized carbons (Fsp3) is 0.900. The first-order chi connectivity index (χ1) is 6.07. The lowest BCUT2D eigenvalue weighted by molar-refractivity contribution is 0.203. The highest BCUT2D eigenvalue weighted by Gasteiger charge is 2.34. The van der Waals surface area contributed by atoms with Crippen LogP contribution >= 0.6 is 0 Å². The van der Waals surface area contributed by atoms with Crippen LogP contribution in [0, 0.1) is 5.41 Å². The molecule has 0 unspecified atom stereocenters. The van der Waals surface area contributed by atoms with Crippen molar-refractivity contribution in [1.29, 1.82) is 0 Å². The molecule has 1 heterocycles. The number of hydrogen-bond donors (Lipinski definition) is 1. The number of urea groups is 1. The highest BCUT2D eigenvalue weighted by molar-refractivity contribution is 5.75. The zero-order valence-corrected chi connectivity index (χ0v) is 8.47. The first-order valence-corrected chi connectivity index (χ1v) is 5.12. The van der Waals surface area contributed by atoms with E-state index >= 15 is 0 Å². The maximum Gasteiger partial charge on any atom is 0.317 e. The maximum atomic E-state index is 11.6. The molecule has 1 N–H and O–H groups in total. The Labute approximate surface area is 79.5 Å². The van der Waals surface area contributed by atoms with Gasteiger partial charge in [0.25, 0.3) is 0 Å². The molecule has 0 bridgehead atoms. The first kappa shape index (κ1) is 8.85. The van der Waals surface area contributed by atoms with Crippen LogP contribution in [0.1, 0.15) is 33.1 Å². The molecule has 2 rings (SSSR count). The average Bonchev–Trinajstić information content (AvgIpc) is 2.75. The second-order valence-corrected chi connectivity index (χ2v) is 5.06. The molecule has 3 heteroatoms. The third kappa shape index (κ3) is 2.14. The lowest BCUT2D eigenvalue weighted by Crippen LogP contribution is -2.40. The summed E-state index contributed by atoms with van der Waals surface area (Å²) in [6.07, 6.45) is 3.47. The molecule has 0 aromatic carbocycles. The monoisotopic (exact) mass is 182 g/mol. The van der Waals surface area contributed by atoms with Gasteiger partial charge in [0.1, 0.15) is 0 Å². The van der Waals surface area contributed by atoms with Crippen molar-refractivity contribution >= 4 is 6.03 Å². The Morgan fingerprint density at radius 3 is 2.62 bits per heavy atom. The number of hydrogen-bond acceptors (Lipinski definition) is 1. The number of carbonyl (C=O) groups excluding carboxylic acids is 1. The van der Waals surface area contributed by atoms with Crippen molar-refractivity contribution in [2.75, 3.05) is 13.1 Å². The Morgan fingerprint density at radius 1 is 1.46 bits per heavy atom. The lowest BCUT2D eigenvalue weighted by Gasteiger charge is -2.20. The zero-order valence-electron chi connectivity index (χ0n) is 8.47. The van der Waals surface area contributed by atoms with Gasteiger partial charge in [0.2, 0.25) is 0 Å². The Morgan fingerprint density at radius 2 is 2.15 bits per heavy atom. The molecule has 3 nitrogen and oxygen atoms in total. The fourth-order valence-electron chi connectivity index (χ4n) is 1.78. The first-order valence-electron chi connectivity index (χ1n) is 5.12. The molecular formula is C10H18N2O. The smallest absolute Gasteiger partial charge is 0.317 e. The third-order valence-corrected chi connectivity index (χ3v) is 2.87. The van der Waals surface area contributed by atoms with E-state index in [2.05, 4.69) is 19.2 Å². The van der Waals surface area contributed by atoms with Crippen molar-refractivity contribution in [3.8, 4) is 0 Å². The van der Waals surface area contributed by atoms with Gasteiger partial charge in [-0.2, -0.15) is 0 Å². The second-order valence-electron chi connectivity index (χ2n) is 5.06. The van der Waals surface area contributed by atoms with Gasteiger partial charge < -0.3 is 10.2 Å². The predicted molar refractivity (Wildman–Crippen MR) is 51.5 cm³/mol. The molecule has 1 saturated heterocycles. The van der Waals surface area contributed by atoms with Crippen molar-refractivity contribution in [2.45, 2.75) is 39.2 Å². The van der Waals surface area contributed by atoms with Crippen LogP contribution in [-0.4, -0.2) is 30.1 Å². The summed E-state index contributed by atoms with van der Waals surface area (Å²) < 4.78 is 0. The molecule has 0 atom stereocenters. The van der Waals surface area contributed by atoms with E-state index in [1.54, 1.807) is 0 Å². The summed E-state index contributed by atoms with van der Waals surface area (Å²) in [5.74, 6) is 0. The molecule has 1 saturated carbocycles. The van der Waals surface area contributed by atoms with Crippen molar-refractivity contribution in [3.05, 3.63) is 0 Å². The minimum absolute atomic E-state index is 0.146. The predicted octanol–water partition coefficient (Wildman–Crippen LogP) is 1.59. The van der Waals surface area contributed by atoms with Crippen LogP contribution in [-0.2, 0) is 0 Å². The largest absolute Gasteiger partial charge is 0.335 e. The van der Waals surface area contributed by atoms with Crippen LogP contribution in [0.25, 0.3) is 0 Å². The van der Waals surface area contributed by atoms with Crippen LogP contribution in [0.3, 0.4) is 0 Å². The summed E-state index contributed by atoms with van der Waals surface area (Å²) >= 11 is 0. The normalized spacial score (nSPS) is 26.2. The highest BCUT2D eigenvalue weighted by atomic mass is 16.2. The molecule has 2 aliphatic rings. The summed E-state index contributed by atoms with van der Waals surface area (Å²) in [4.78, 5) is 13.5. The van der Waals surface area contributed by atoms with Crippen LogP contribution in [0.15, 0.2) is 0 Å². The minimum atomic E-state index is 0.146. The quantitative estimate of drug-likeness (QED) is 0.656. The van der Waals surface area contributed by atoms with Crippen LogP contribution in [0.5, 0.6) is 0 Å². The Hall–Kier alpha value is -0.730. The van der Waals surface area contributed by atoms with Gasteiger partial charge in [0, 0.05) is 19.1 Å². The van der Waals surface area contributed by atoms with E-state index in [0.29, 0.717) is 11.5 Å². The number of nitrogens with one attached hydrogen (secondary N) is 1. The molecule has 0 spiro atoms. The minimum Gasteiger partial charge on any atom is -0.335 e. The molecule has 1 aliphatic heterocycles. The number of likely N-dealkylation sites (tertiary alicyclic amines) is 1.